The predicted molar refractivity (Wildman–Crippen MR) is 115 cm³/mol. The molecule has 4 rings (SSSR count). The van der Waals surface area contributed by atoms with Gasteiger partial charge in [-0.25, -0.2) is 0 Å². The third-order valence-electron chi connectivity index (χ3n) is 5.50. The van der Waals surface area contributed by atoms with Gasteiger partial charge in [0, 0.05) is 23.8 Å². The molecule has 29 heavy (non-hydrogen) atoms. The van der Waals surface area contributed by atoms with Crippen LogP contribution in [0.4, 0.5) is 0 Å². The number of hydrogen-bond acceptors (Lipinski definition) is 2. The average Bonchev–Trinajstić information content (AvgIpc) is 3.20. The molecule has 1 aliphatic rings. The van der Waals surface area contributed by atoms with Crippen LogP contribution in [0.15, 0.2) is 77.7 Å². The van der Waals surface area contributed by atoms with Gasteiger partial charge in [-0.05, 0) is 48.6 Å². The lowest BCUT2D eigenvalue weighted by molar-refractivity contribution is 0.0734. The molecule has 0 N–H and O–H groups in total. The van der Waals surface area contributed by atoms with Gasteiger partial charge in [0.2, 0.25) is 0 Å². The van der Waals surface area contributed by atoms with Crippen LogP contribution in [0.2, 0.25) is 5.02 Å². The van der Waals surface area contributed by atoms with E-state index in [1.165, 1.54) is 0 Å². The molecular weight excluding hydrogens is 384 g/mol. The Bertz CT molecular complexity index is 1060. The summed E-state index contributed by atoms with van der Waals surface area (Å²) >= 11 is 6.31. The number of benzene rings is 2. The standard InChI is InChI=1S/C24H23ClN2O2/c25-22-13-5-4-10-19(22)16-20-11-6-15-27(20)24(29)21-12-7-14-26(23(21)28)17-18-8-2-1-3-9-18/h1-5,7-10,12-14,20H,6,11,15-17H2/t20-/m0/s1. The van der Waals surface area contributed by atoms with Crippen LogP contribution >= 0.6 is 11.6 Å². The number of hydrogen-bond donors (Lipinski definition) is 0. The number of carbonyl (C=O) groups is 1. The molecule has 3 aromatic rings. The number of aromatic nitrogens is 1. The molecule has 4 nitrogen and oxygen atoms in total. The second kappa shape index (κ2) is 8.66. The fourth-order valence-electron chi connectivity index (χ4n) is 3.99. The fourth-order valence-corrected chi connectivity index (χ4v) is 4.20. The quantitative estimate of drug-likeness (QED) is 0.630. The first-order valence-electron chi connectivity index (χ1n) is 9.91. The first kappa shape index (κ1) is 19.5. The highest BCUT2D eigenvalue weighted by Gasteiger charge is 2.31. The van der Waals surface area contributed by atoms with Gasteiger partial charge < -0.3 is 9.47 Å². The molecule has 5 heteroatoms. The first-order valence-corrected chi connectivity index (χ1v) is 10.3. The molecule has 2 heterocycles. The van der Waals surface area contributed by atoms with Crippen molar-refractivity contribution >= 4 is 17.5 Å². The minimum atomic E-state index is -0.246. The van der Waals surface area contributed by atoms with Crippen molar-refractivity contribution in [2.45, 2.75) is 31.8 Å². The van der Waals surface area contributed by atoms with Gasteiger partial charge in [-0.15, -0.1) is 0 Å². The van der Waals surface area contributed by atoms with Gasteiger partial charge in [0.05, 0.1) is 6.54 Å². The summed E-state index contributed by atoms with van der Waals surface area (Å²) in [5.41, 5.74) is 2.05. The molecular formula is C24H23ClN2O2. The van der Waals surface area contributed by atoms with Crippen LogP contribution in [0.5, 0.6) is 0 Å². The van der Waals surface area contributed by atoms with E-state index in [1.54, 1.807) is 22.9 Å². The Hall–Kier alpha value is -2.85. The van der Waals surface area contributed by atoms with Crippen molar-refractivity contribution in [3.63, 3.8) is 0 Å². The topological polar surface area (TPSA) is 42.3 Å². The monoisotopic (exact) mass is 406 g/mol. The van der Waals surface area contributed by atoms with Crippen molar-refractivity contribution in [3.05, 3.63) is 105 Å². The van der Waals surface area contributed by atoms with Crippen molar-refractivity contribution in [2.75, 3.05) is 6.54 Å². The van der Waals surface area contributed by atoms with E-state index in [9.17, 15) is 9.59 Å². The second-order valence-corrected chi connectivity index (χ2v) is 7.84. The van der Waals surface area contributed by atoms with E-state index in [2.05, 4.69) is 0 Å². The normalized spacial score (nSPS) is 16.2. The molecule has 0 unspecified atom stereocenters. The van der Waals surface area contributed by atoms with Crippen molar-refractivity contribution < 1.29 is 4.79 Å². The summed E-state index contributed by atoms with van der Waals surface area (Å²) in [4.78, 5) is 28.1. The molecule has 0 saturated carbocycles. The number of halogens is 1. The molecule has 1 amide bonds. The zero-order valence-electron chi connectivity index (χ0n) is 16.1. The molecule has 0 bridgehead atoms. The first-order chi connectivity index (χ1) is 14.1. The third kappa shape index (κ3) is 4.28. The van der Waals surface area contributed by atoms with Gasteiger partial charge in [-0.1, -0.05) is 60.1 Å². The molecule has 2 aromatic carbocycles. The van der Waals surface area contributed by atoms with E-state index in [0.29, 0.717) is 19.5 Å². The Morgan fingerprint density at radius 3 is 2.55 bits per heavy atom. The van der Waals surface area contributed by atoms with Gasteiger partial charge in [0.25, 0.3) is 11.5 Å². The number of nitrogens with zero attached hydrogens (tertiary/aromatic N) is 2. The summed E-state index contributed by atoms with van der Waals surface area (Å²) in [7, 11) is 0. The highest BCUT2D eigenvalue weighted by molar-refractivity contribution is 6.31. The van der Waals surface area contributed by atoms with Crippen LogP contribution in [-0.2, 0) is 13.0 Å². The lowest BCUT2D eigenvalue weighted by Gasteiger charge is -2.25. The van der Waals surface area contributed by atoms with E-state index < -0.39 is 0 Å². The highest BCUT2D eigenvalue weighted by atomic mass is 35.5. The van der Waals surface area contributed by atoms with E-state index in [0.717, 1.165) is 29.0 Å². The fraction of sp³-hybridized carbons (Fsp3) is 0.250. The maximum Gasteiger partial charge on any atom is 0.263 e. The van der Waals surface area contributed by atoms with Gasteiger partial charge in [0.15, 0.2) is 0 Å². The number of amides is 1. The second-order valence-electron chi connectivity index (χ2n) is 7.43. The molecule has 0 radical (unpaired) electrons. The van der Waals surface area contributed by atoms with Crippen LogP contribution < -0.4 is 5.56 Å². The molecule has 1 saturated heterocycles. The summed E-state index contributed by atoms with van der Waals surface area (Å²) in [5, 5.41) is 0.719. The molecule has 0 aliphatic carbocycles. The maximum absolute atomic E-state index is 13.2. The zero-order chi connectivity index (χ0) is 20.2. The number of likely N-dealkylation sites (tertiary alicyclic amines) is 1. The summed E-state index contributed by atoms with van der Waals surface area (Å²) in [6.45, 7) is 1.12. The number of pyridine rings is 1. The van der Waals surface area contributed by atoms with Crippen molar-refractivity contribution in [2.24, 2.45) is 0 Å². The molecule has 1 aliphatic heterocycles. The largest absolute Gasteiger partial charge is 0.335 e. The van der Waals surface area contributed by atoms with Crippen LogP contribution in [0.3, 0.4) is 0 Å². The molecule has 1 fully saturated rings. The van der Waals surface area contributed by atoms with Crippen LogP contribution in [0.1, 0.15) is 34.3 Å². The minimum Gasteiger partial charge on any atom is -0.335 e. The zero-order valence-corrected chi connectivity index (χ0v) is 16.9. The number of rotatable bonds is 5. The lowest BCUT2D eigenvalue weighted by Crippen LogP contribution is -2.40. The summed E-state index contributed by atoms with van der Waals surface area (Å²) < 4.78 is 1.60. The van der Waals surface area contributed by atoms with Gasteiger partial charge in [-0.3, -0.25) is 9.59 Å². The average molecular weight is 407 g/mol. The van der Waals surface area contributed by atoms with Gasteiger partial charge in [-0.2, -0.15) is 0 Å². The molecule has 1 aromatic heterocycles. The van der Waals surface area contributed by atoms with Crippen LogP contribution in [0.25, 0.3) is 0 Å². The lowest BCUT2D eigenvalue weighted by atomic mass is 10.0. The predicted octanol–water partition coefficient (Wildman–Crippen LogP) is 4.40. The van der Waals surface area contributed by atoms with Crippen molar-refractivity contribution in [1.82, 2.24) is 9.47 Å². The Balaban J connectivity index is 1.56. The Labute approximate surface area is 175 Å². The Morgan fingerprint density at radius 1 is 1.00 bits per heavy atom. The summed E-state index contributed by atoms with van der Waals surface area (Å²) in [6, 6.07) is 21.0. The molecule has 148 valence electrons. The summed E-state index contributed by atoms with van der Waals surface area (Å²) in [5.74, 6) is -0.188. The minimum absolute atomic E-state index is 0.0598. The SMILES string of the molecule is O=C(c1cccn(Cc2ccccc2)c1=O)N1CCC[C@H]1Cc1ccccc1Cl. The van der Waals surface area contributed by atoms with Crippen molar-refractivity contribution in [1.29, 1.82) is 0 Å². The Morgan fingerprint density at radius 2 is 1.76 bits per heavy atom. The van der Waals surface area contributed by atoms with Gasteiger partial charge in [0.1, 0.15) is 5.56 Å². The molecule has 1 atom stereocenters. The van der Waals surface area contributed by atoms with Crippen LogP contribution in [0, 0.1) is 0 Å². The van der Waals surface area contributed by atoms with E-state index in [-0.39, 0.29) is 23.1 Å². The van der Waals surface area contributed by atoms with Gasteiger partial charge >= 0.3 is 0 Å². The smallest absolute Gasteiger partial charge is 0.263 e. The number of carbonyl (C=O) groups excluding carboxylic acids is 1. The molecule has 0 spiro atoms. The van der Waals surface area contributed by atoms with E-state index >= 15 is 0 Å². The van der Waals surface area contributed by atoms with E-state index in [4.69, 9.17) is 11.6 Å². The highest BCUT2D eigenvalue weighted by Crippen LogP contribution is 2.25. The van der Waals surface area contributed by atoms with Crippen molar-refractivity contribution in [3.8, 4) is 0 Å². The third-order valence-corrected chi connectivity index (χ3v) is 5.87. The Kier molecular flexibility index (Phi) is 5.81. The van der Waals surface area contributed by atoms with E-state index in [1.807, 2.05) is 59.5 Å². The van der Waals surface area contributed by atoms with Crippen LogP contribution in [-0.4, -0.2) is 28.0 Å². The maximum atomic E-state index is 13.2. The summed E-state index contributed by atoms with van der Waals surface area (Å²) in [6.07, 6.45) is 4.29.